The zero-order valence-electron chi connectivity index (χ0n) is 16.2. The Bertz CT molecular complexity index is 1340. The number of benzene rings is 2. The van der Waals surface area contributed by atoms with Crippen LogP contribution in [-0.4, -0.2) is 29.5 Å². The first-order valence-electron chi connectivity index (χ1n) is 9.18. The van der Waals surface area contributed by atoms with E-state index in [-0.39, 0.29) is 17.7 Å². The van der Waals surface area contributed by atoms with Crippen LogP contribution in [0.4, 0.5) is 5.69 Å². The molecule has 2 aromatic carbocycles. The van der Waals surface area contributed by atoms with Crippen molar-refractivity contribution < 1.29 is 18.3 Å². The lowest BCUT2D eigenvalue weighted by atomic mass is 10.1. The quantitative estimate of drug-likeness (QED) is 0.387. The number of aromatic amines is 2. The fourth-order valence-corrected chi connectivity index (χ4v) is 4.10. The van der Waals surface area contributed by atoms with Crippen molar-refractivity contribution in [2.24, 2.45) is 0 Å². The zero-order valence-corrected chi connectivity index (χ0v) is 17.0. The van der Waals surface area contributed by atoms with Gasteiger partial charge in [-0.1, -0.05) is 37.3 Å². The Hall–Kier alpha value is -3.59. The highest BCUT2D eigenvalue weighted by molar-refractivity contribution is 7.91. The molecule has 0 unspecified atom stereocenters. The van der Waals surface area contributed by atoms with E-state index in [1.54, 1.807) is 61.7 Å². The van der Waals surface area contributed by atoms with Gasteiger partial charge in [-0.3, -0.25) is 14.3 Å². The first kappa shape index (κ1) is 21.1. The average Bonchev–Trinajstić information content (AvgIpc) is 3.20. The molecular weight excluding hydrogens is 406 g/mol. The second-order valence-corrected chi connectivity index (χ2v) is 8.30. The fourth-order valence-electron chi connectivity index (χ4n) is 2.92. The number of anilines is 1. The van der Waals surface area contributed by atoms with E-state index in [0.717, 1.165) is 10.8 Å². The Labute approximate surface area is 172 Å². The Kier molecular flexibility index (Phi) is 6.22. The molecule has 0 atom stereocenters. The Morgan fingerprint density at radius 1 is 1.07 bits per heavy atom. The third-order valence-corrected chi connectivity index (χ3v) is 5.57. The minimum Gasteiger partial charge on any atom is -0.481 e. The second kappa shape index (κ2) is 8.83. The fraction of sp³-hybridized carbons (Fsp3) is 0.143. The maximum atomic E-state index is 12.4. The van der Waals surface area contributed by atoms with E-state index >= 15 is 0 Å². The third kappa shape index (κ3) is 5.06. The Morgan fingerprint density at radius 3 is 2.43 bits per heavy atom. The van der Waals surface area contributed by atoms with E-state index in [4.69, 9.17) is 5.11 Å². The van der Waals surface area contributed by atoms with Crippen LogP contribution in [-0.2, 0) is 20.6 Å². The molecule has 0 aliphatic heterocycles. The monoisotopic (exact) mass is 427 g/mol. The number of hydrogen-bond donors (Lipinski definition) is 4. The van der Waals surface area contributed by atoms with Gasteiger partial charge in [0, 0.05) is 34.6 Å². The molecule has 0 aliphatic rings. The van der Waals surface area contributed by atoms with Gasteiger partial charge >= 0.3 is 5.97 Å². The average molecular weight is 427 g/mol. The molecule has 0 fully saturated rings. The van der Waals surface area contributed by atoms with Crippen molar-refractivity contribution in [2.45, 2.75) is 19.1 Å². The Morgan fingerprint density at radius 2 is 1.77 bits per heavy atom. The van der Waals surface area contributed by atoms with Gasteiger partial charge in [-0.25, -0.2) is 8.42 Å². The molecule has 4 N–H and O–H groups in total. The molecule has 0 spiro atoms. The molecule has 0 radical (unpaired) electrons. The second-order valence-electron chi connectivity index (χ2n) is 6.57. The van der Waals surface area contributed by atoms with Crippen LogP contribution in [0.1, 0.15) is 18.9 Å². The first-order chi connectivity index (χ1) is 14.3. The van der Waals surface area contributed by atoms with Gasteiger partial charge in [0.15, 0.2) is 0 Å². The summed E-state index contributed by atoms with van der Waals surface area (Å²) in [6.45, 7) is 1.60. The number of nitrogens with one attached hydrogen (secondary N) is 3. The van der Waals surface area contributed by atoms with Crippen LogP contribution in [0, 0.1) is 0 Å². The van der Waals surface area contributed by atoms with E-state index in [1.807, 2.05) is 6.07 Å². The number of carbonyl (C=O) groups is 1. The van der Waals surface area contributed by atoms with Crippen LogP contribution in [0.15, 0.2) is 65.6 Å². The number of pyridine rings is 1. The van der Waals surface area contributed by atoms with Crippen LogP contribution >= 0.6 is 0 Å². The van der Waals surface area contributed by atoms with Crippen molar-refractivity contribution in [3.8, 4) is 0 Å². The van der Waals surface area contributed by atoms with Gasteiger partial charge < -0.3 is 15.1 Å². The van der Waals surface area contributed by atoms with E-state index in [9.17, 15) is 18.0 Å². The van der Waals surface area contributed by atoms with Crippen LogP contribution < -0.4 is 10.3 Å². The number of rotatable bonds is 5. The van der Waals surface area contributed by atoms with Crippen molar-refractivity contribution in [2.75, 3.05) is 4.72 Å². The molecular formula is C21H21N3O5S. The molecule has 4 rings (SSSR count). The van der Waals surface area contributed by atoms with Crippen LogP contribution in [0.5, 0.6) is 0 Å². The summed E-state index contributed by atoms with van der Waals surface area (Å²) >= 11 is 0. The van der Waals surface area contributed by atoms with E-state index in [0.29, 0.717) is 22.3 Å². The highest BCUT2D eigenvalue weighted by Gasteiger charge is 2.13. The number of carboxylic acid groups (broad SMARTS) is 1. The lowest BCUT2D eigenvalue weighted by molar-refractivity contribution is -0.136. The summed E-state index contributed by atoms with van der Waals surface area (Å²) < 4.78 is 27.4. The van der Waals surface area contributed by atoms with Crippen LogP contribution in [0.2, 0.25) is 0 Å². The molecule has 30 heavy (non-hydrogen) atoms. The lowest BCUT2D eigenvalue weighted by Crippen LogP contribution is -2.15. The molecule has 0 saturated carbocycles. The minimum atomic E-state index is -3.53. The summed E-state index contributed by atoms with van der Waals surface area (Å²) in [4.78, 5) is 27.0. The van der Waals surface area contributed by atoms with Crippen molar-refractivity contribution in [1.82, 2.24) is 9.97 Å². The van der Waals surface area contributed by atoms with Gasteiger partial charge in [-0.05, 0) is 29.8 Å². The Balaban J connectivity index is 0.000000461. The molecule has 156 valence electrons. The normalized spacial score (nSPS) is 11.1. The number of sulfonamides is 1. The van der Waals surface area contributed by atoms with Crippen LogP contribution in [0.3, 0.4) is 0 Å². The van der Waals surface area contributed by atoms with Gasteiger partial charge in [-0.15, -0.1) is 0 Å². The van der Waals surface area contributed by atoms with Gasteiger partial charge in [0.25, 0.3) is 5.56 Å². The minimum absolute atomic E-state index is 0.100. The van der Waals surface area contributed by atoms with E-state index in [1.165, 1.54) is 0 Å². The predicted octanol–water partition coefficient (Wildman–Crippen LogP) is 3.43. The first-order valence-corrected chi connectivity index (χ1v) is 10.8. The van der Waals surface area contributed by atoms with Crippen molar-refractivity contribution >= 4 is 43.5 Å². The molecule has 4 aromatic rings. The molecule has 0 saturated heterocycles. The lowest BCUT2D eigenvalue weighted by Gasteiger charge is -2.09. The number of fused-ring (bicyclic) bond motifs is 3. The van der Waals surface area contributed by atoms with Gasteiger partial charge in [0.2, 0.25) is 10.0 Å². The maximum Gasteiger partial charge on any atom is 0.303 e. The molecule has 9 heteroatoms. The number of H-pyrrole nitrogens is 2. The maximum absolute atomic E-state index is 12.4. The summed E-state index contributed by atoms with van der Waals surface area (Å²) in [5.41, 5.74) is 2.09. The summed E-state index contributed by atoms with van der Waals surface area (Å²) in [5.74, 6) is -0.846. The van der Waals surface area contributed by atoms with Gasteiger partial charge in [0.1, 0.15) is 5.52 Å². The standard InChI is InChI=1S/C18H15N3O3S.C3H6O2/c22-18-17-14(8-9-19-17)15-10-13(6-7-16(15)20-18)21-25(23,24)11-12-4-2-1-3-5-12;1-2-3(4)5/h1-10,19,21H,11H2,(H,20,22);2H2,1H3,(H,4,5). The predicted molar refractivity (Wildman–Crippen MR) is 117 cm³/mol. The highest BCUT2D eigenvalue weighted by atomic mass is 32.2. The smallest absolute Gasteiger partial charge is 0.303 e. The summed E-state index contributed by atoms with van der Waals surface area (Å²) in [5, 5.41) is 9.25. The van der Waals surface area contributed by atoms with E-state index < -0.39 is 16.0 Å². The zero-order chi connectivity index (χ0) is 21.7. The summed E-state index contributed by atoms with van der Waals surface area (Å²) in [6, 6.07) is 15.9. The molecule has 0 bridgehead atoms. The van der Waals surface area contributed by atoms with Crippen LogP contribution in [0.25, 0.3) is 21.8 Å². The molecule has 2 aromatic heterocycles. The molecule has 0 aliphatic carbocycles. The largest absolute Gasteiger partial charge is 0.481 e. The topological polar surface area (TPSA) is 132 Å². The number of carboxylic acids is 1. The van der Waals surface area contributed by atoms with Crippen molar-refractivity contribution in [3.63, 3.8) is 0 Å². The van der Waals surface area contributed by atoms with Gasteiger partial charge in [0.05, 0.1) is 5.75 Å². The number of aliphatic carboxylic acids is 1. The summed E-state index contributed by atoms with van der Waals surface area (Å²) in [6.07, 6.45) is 1.91. The third-order valence-electron chi connectivity index (χ3n) is 4.31. The van der Waals surface area contributed by atoms with Crippen molar-refractivity contribution in [3.05, 3.63) is 76.7 Å². The van der Waals surface area contributed by atoms with Gasteiger partial charge in [-0.2, -0.15) is 0 Å². The van der Waals surface area contributed by atoms with E-state index in [2.05, 4.69) is 14.7 Å². The molecule has 0 amide bonds. The number of aromatic nitrogens is 2. The molecule has 2 heterocycles. The highest BCUT2D eigenvalue weighted by Crippen LogP contribution is 2.24. The van der Waals surface area contributed by atoms with Crippen molar-refractivity contribution in [1.29, 1.82) is 0 Å². The SMILES string of the molecule is CCC(=O)O.O=c1[nH]c2ccc(NS(=O)(=O)Cc3ccccc3)cc2c2cc[nH]c12. The molecule has 8 nitrogen and oxygen atoms in total. The summed E-state index contributed by atoms with van der Waals surface area (Å²) in [7, 11) is -3.53. The number of hydrogen-bond acceptors (Lipinski definition) is 4.